The van der Waals surface area contributed by atoms with Crippen LogP contribution in [0.3, 0.4) is 0 Å². The van der Waals surface area contributed by atoms with Gasteiger partial charge in [-0.3, -0.25) is 10.1 Å². The second-order valence-corrected chi connectivity index (χ2v) is 5.87. The van der Waals surface area contributed by atoms with Gasteiger partial charge in [-0.25, -0.2) is 15.0 Å². The Balaban J connectivity index is 2.02. The highest BCUT2D eigenvalue weighted by Crippen LogP contribution is 2.36. The molecule has 0 spiro atoms. The molecule has 0 bridgehead atoms. The Hall–Kier alpha value is -3.46. The second-order valence-electron chi connectivity index (χ2n) is 5.44. The molecule has 2 heterocycles. The van der Waals surface area contributed by atoms with E-state index in [2.05, 4.69) is 25.6 Å². The van der Waals surface area contributed by atoms with Gasteiger partial charge in [-0.15, -0.1) is 0 Å². The van der Waals surface area contributed by atoms with Gasteiger partial charge in [0.25, 0.3) is 0 Å². The van der Waals surface area contributed by atoms with E-state index in [0.29, 0.717) is 22.3 Å². The Labute approximate surface area is 159 Å². The summed E-state index contributed by atoms with van der Waals surface area (Å²) in [6.07, 6.45) is 1.21. The highest BCUT2D eigenvalue weighted by Gasteiger charge is 2.24. The number of methoxy groups -OCH3 is 1. The first-order valence-electron chi connectivity index (χ1n) is 7.78. The predicted octanol–water partition coefficient (Wildman–Crippen LogP) is 4.24. The summed E-state index contributed by atoms with van der Waals surface area (Å²) in [5, 5.41) is 17.9. The van der Waals surface area contributed by atoms with Gasteiger partial charge in [0.1, 0.15) is 17.9 Å². The molecule has 10 heteroatoms. The number of aromatic nitrogens is 3. The van der Waals surface area contributed by atoms with Crippen molar-refractivity contribution >= 4 is 40.4 Å². The van der Waals surface area contributed by atoms with Gasteiger partial charge in [-0.2, -0.15) is 0 Å². The molecule has 0 saturated heterocycles. The fraction of sp³-hybridized carbons (Fsp3) is 0.118. The van der Waals surface area contributed by atoms with Crippen LogP contribution in [-0.4, -0.2) is 27.0 Å². The summed E-state index contributed by atoms with van der Waals surface area (Å²) >= 11 is 6.01. The smallest absolute Gasteiger partial charge is 0.353 e. The largest absolute Gasteiger partial charge is 0.495 e. The minimum Gasteiger partial charge on any atom is -0.495 e. The number of pyridine rings is 1. The van der Waals surface area contributed by atoms with Crippen LogP contribution < -0.4 is 15.4 Å². The van der Waals surface area contributed by atoms with E-state index in [1.54, 1.807) is 30.3 Å². The van der Waals surface area contributed by atoms with E-state index >= 15 is 0 Å². The van der Waals surface area contributed by atoms with Crippen molar-refractivity contribution in [2.24, 2.45) is 0 Å². The molecule has 0 aliphatic heterocycles. The van der Waals surface area contributed by atoms with E-state index in [4.69, 9.17) is 16.3 Å². The average molecular weight is 387 g/mol. The summed E-state index contributed by atoms with van der Waals surface area (Å²) < 4.78 is 5.25. The first-order valence-corrected chi connectivity index (χ1v) is 8.16. The number of anilines is 4. The van der Waals surface area contributed by atoms with Crippen molar-refractivity contribution in [3.8, 4) is 5.75 Å². The molecular weight excluding hydrogens is 372 g/mol. The zero-order valence-corrected chi connectivity index (χ0v) is 15.2. The first-order chi connectivity index (χ1) is 13.0. The Morgan fingerprint density at radius 1 is 1.15 bits per heavy atom. The number of hydrogen-bond acceptors (Lipinski definition) is 8. The molecule has 2 N–H and O–H groups in total. The van der Waals surface area contributed by atoms with Gasteiger partial charge in [0, 0.05) is 10.7 Å². The lowest BCUT2D eigenvalue weighted by Crippen LogP contribution is -2.06. The molecule has 9 nitrogen and oxygen atoms in total. The molecule has 0 aliphatic rings. The van der Waals surface area contributed by atoms with Gasteiger partial charge in [-0.05, 0) is 37.3 Å². The Morgan fingerprint density at radius 3 is 2.56 bits per heavy atom. The van der Waals surface area contributed by atoms with Gasteiger partial charge in [0.15, 0.2) is 0 Å². The Kier molecular flexibility index (Phi) is 5.32. The summed E-state index contributed by atoms with van der Waals surface area (Å²) in [4.78, 5) is 23.4. The van der Waals surface area contributed by atoms with Gasteiger partial charge in [0.2, 0.25) is 11.6 Å². The fourth-order valence-electron chi connectivity index (χ4n) is 2.37. The van der Waals surface area contributed by atoms with Crippen LogP contribution in [-0.2, 0) is 0 Å². The monoisotopic (exact) mass is 386 g/mol. The minimum atomic E-state index is -0.572. The zero-order chi connectivity index (χ0) is 19.4. The lowest BCUT2D eigenvalue weighted by Gasteiger charge is -2.12. The molecule has 0 saturated carbocycles. The molecule has 138 valence electrons. The number of nitro groups is 1. The summed E-state index contributed by atoms with van der Waals surface area (Å²) in [6.45, 7) is 1.82. The molecule has 1 aromatic carbocycles. The third-order valence-electron chi connectivity index (χ3n) is 3.55. The quantitative estimate of drug-likeness (QED) is 0.477. The van der Waals surface area contributed by atoms with Crippen LogP contribution in [0.1, 0.15) is 5.69 Å². The van der Waals surface area contributed by atoms with Crippen molar-refractivity contribution < 1.29 is 9.66 Å². The maximum Gasteiger partial charge on any atom is 0.353 e. The second kappa shape index (κ2) is 7.83. The average Bonchev–Trinajstić information content (AvgIpc) is 2.62. The van der Waals surface area contributed by atoms with Gasteiger partial charge in [-0.1, -0.05) is 17.7 Å². The zero-order valence-electron chi connectivity index (χ0n) is 14.4. The van der Waals surface area contributed by atoms with Gasteiger partial charge >= 0.3 is 5.69 Å². The molecule has 3 rings (SSSR count). The third kappa shape index (κ3) is 4.21. The van der Waals surface area contributed by atoms with Crippen LogP contribution in [0.5, 0.6) is 5.75 Å². The number of halogens is 1. The third-order valence-corrected chi connectivity index (χ3v) is 3.79. The number of aryl methyl sites for hydroxylation is 1. The lowest BCUT2D eigenvalue weighted by atomic mass is 10.3. The topological polar surface area (TPSA) is 115 Å². The van der Waals surface area contributed by atoms with E-state index < -0.39 is 4.92 Å². The predicted molar refractivity (Wildman–Crippen MR) is 102 cm³/mol. The van der Waals surface area contributed by atoms with Crippen LogP contribution >= 0.6 is 11.6 Å². The van der Waals surface area contributed by atoms with Crippen LogP contribution in [0.25, 0.3) is 0 Å². The van der Waals surface area contributed by atoms with Gasteiger partial charge < -0.3 is 15.4 Å². The van der Waals surface area contributed by atoms with Crippen molar-refractivity contribution in [1.82, 2.24) is 15.0 Å². The van der Waals surface area contributed by atoms with Gasteiger partial charge in [0.05, 0.1) is 17.7 Å². The fourth-order valence-corrected chi connectivity index (χ4v) is 2.55. The molecule has 2 aromatic heterocycles. The van der Waals surface area contributed by atoms with E-state index in [1.807, 2.05) is 13.0 Å². The SMILES string of the molecule is COc1ccc(Cl)cc1Nc1ncnc(Nc2cccc(C)n2)c1[N+](=O)[O-]. The number of benzene rings is 1. The number of hydrogen-bond donors (Lipinski definition) is 2. The van der Waals surface area contributed by atoms with Crippen LogP contribution in [0, 0.1) is 17.0 Å². The van der Waals surface area contributed by atoms with E-state index in [-0.39, 0.29) is 17.3 Å². The molecule has 0 unspecified atom stereocenters. The molecule has 3 aromatic rings. The summed E-state index contributed by atoms with van der Waals surface area (Å²) in [5.41, 5.74) is 0.869. The number of nitrogens with one attached hydrogen (secondary N) is 2. The van der Waals surface area contributed by atoms with E-state index in [0.717, 1.165) is 5.69 Å². The number of nitrogens with zero attached hydrogens (tertiary/aromatic N) is 4. The molecule has 0 fully saturated rings. The van der Waals surface area contributed by atoms with Crippen LogP contribution in [0.2, 0.25) is 5.02 Å². The Bertz CT molecular complexity index is 998. The standard InChI is InChI=1S/C17H15ClN6O3/c1-10-4-3-5-14(21-10)23-17-15(24(25)26)16(19-9-20-17)22-12-8-11(18)6-7-13(12)27-2/h3-9H,1-2H3,(H2,19,20,21,22,23). The normalized spacial score (nSPS) is 10.3. The molecule has 0 radical (unpaired) electrons. The van der Waals surface area contributed by atoms with Crippen LogP contribution in [0.15, 0.2) is 42.7 Å². The van der Waals surface area contributed by atoms with Crippen molar-refractivity contribution in [3.05, 3.63) is 63.6 Å². The molecule has 0 amide bonds. The van der Waals surface area contributed by atoms with E-state index in [9.17, 15) is 10.1 Å². The number of ether oxygens (including phenoxy) is 1. The highest BCUT2D eigenvalue weighted by atomic mass is 35.5. The minimum absolute atomic E-state index is 0.00859. The van der Waals surface area contributed by atoms with Crippen molar-refractivity contribution in [3.63, 3.8) is 0 Å². The van der Waals surface area contributed by atoms with Crippen LogP contribution in [0.4, 0.5) is 28.8 Å². The Morgan fingerprint density at radius 2 is 1.89 bits per heavy atom. The molecule has 27 heavy (non-hydrogen) atoms. The van der Waals surface area contributed by atoms with Crippen molar-refractivity contribution in [2.45, 2.75) is 6.92 Å². The maximum atomic E-state index is 11.7. The molecule has 0 atom stereocenters. The lowest BCUT2D eigenvalue weighted by molar-refractivity contribution is -0.383. The van der Waals surface area contributed by atoms with E-state index in [1.165, 1.54) is 13.4 Å². The van der Waals surface area contributed by atoms with Crippen molar-refractivity contribution in [1.29, 1.82) is 0 Å². The highest BCUT2D eigenvalue weighted by molar-refractivity contribution is 6.31. The summed E-state index contributed by atoms with van der Waals surface area (Å²) in [5.74, 6) is 0.896. The maximum absolute atomic E-state index is 11.7. The summed E-state index contributed by atoms with van der Waals surface area (Å²) in [6, 6.07) is 10.2. The molecular formula is C17H15ClN6O3. The first kappa shape index (κ1) is 18.3. The molecule has 0 aliphatic carbocycles. The summed E-state index contributed by atoms with van der Waals surface area (Å²) in [7, 11) is 1.49. The van der Waals surface area contributed by atoms with Crippen molar-refractivity contribution in [2.75, 3.05) is 17.7 Å². The number of rotatable bonds is 6.